The second kappa shape index (κ2) is 7.59. The van der Waals surface area contributed by atoms with Crippen LogP contribution in [0.3, 0.4) is 0 Å². The molecule has 0 bridgehead atoms. The van der Waals surface area contributed by atoms with Gasteiger partial charge in [0.1, 0.15) is 0 Å². The highest BCUT2D eigenvalue weighted by Crippen LogP contribution is 2.13. The third-order valence-corrected chi connectivity index (χ3v) is 3.81. The predicted molar refractivity (Wildman–Crippen MR) is 91.3 cm³/mol. The van der Waals surface area contributed by atoms with Crippen LogP contribution in [0.5, 0.6) is 0 Å². The Kier molecular flexibility index (Phi) is 5.52. The lowest BCUT2D eigenvalue weighted by atomic mass is 10.1. The van der Waals surface area contributed by atoms with Crippen LogP contribution in [0, 0.1) is 13.8 Å². The fourth-order valence-corrected chi connectivity index (χ4v) is 2.31. The van der Waals surface area contributed by atoms with Gasteiger partial charge in [-0.15, -0.1) is 0 Å². The van der Waals surface area contributed by atoms with E-state index >= 15 is 0 Å². The average molecular weight is 327 g/mol. The predicted octanol–water partition coefficient (Wildman–Crippen LogP) is 2.15. The maximum atomic E-state index is 11.9. The molecule has 0 fully saturated rings. The smallest absolute Gasteiger partial charge is 0.337 e. The van der Waals surface area contributed by atoms with Gasteiger partial charge >= 0.3 is 5.97 Å². The van der Waals surface area contributed by atoms with Crippen LogP contribution in [0.15, 0.2) is 30.3 Å². The molecule has 0 unspecified atom stereocenters. The molecule has 0 spiro atoms. The first-order chi connectivity index (χ1) is 11.4. The molecule has 0 saturated carbocycles. The molecule has 0 radical (unpaired) electrons. The monoisotopic (exact) mass is 327 g/mol. The molecule has 0 atom stereocenters. The number of aryl methyl sites for hydroxylation is 2. The van der Waals surface area contributed by atoms with E-state index in [4.69, 9.17) is 0 Å². The van der Waals surface area contributed by atoms with Gasteiger partial charge in [-0.1, -0.05) is 12.1 Å². The van der Waals surface area contributed by atoms with Crippen molar-refractivity contribution in [3.8, 4) is 0 Å². The van der Waals surface area contributed by atoms with E-state index in [1.807, 2.05) is 20.9 Å². The molecule has 0 aliphatic rings. The Bertz CT molecular complexity index is 774. The number of hydrogen-bond acceptors (Lipinski definition) is 4. The first-order valence-electron chi connectivity index (χ1n) is 7.55. The van der Waals surface area contributed by atoms with Crippen LogP contribution in [0.25, 0.3) is 6.08 Å². The van der Waals surface area contributed by atoms with E-state index in [2.05, 4.69) is 15.2 Å². The van der Waals surface area contributed by atoms with E-state index in [0.717, 1.165) is 22.5 Å². The maximum Gasteiger partial charge on any atom is 0.337 e. The fraction of sp³-hybridized carbons (Fsp3) is 0.278. The molecule has 2 rings (SSSR count). The number of methoxy groups -OCH3 is 1. The maximum absolute atomic E-state index is 11.9. The van der Waals surface area contributed by atoms with E-state index in [1.165, 1.54) is 13.2 Å². The minimum absolute atomic E-state index is 0.185. The molecule has 0 aliphatic carbocycles. The Morgan fingerprint density at radius 2 is 1.92 bits per heavy atom. The third kappa shape index (κ3) is 4.10. The quantitative estimate of drug-likeness (QED) is 0.674. The molecular weight excluding hydrogens is 306 g/mol. The summed E-state index contributed by atoms with van der Waals surface area (Å²) in [4.78, 5) is 23.3. The third-order valence-electron chi connectivity index (χ3n) is 3.81. The summed E-state index contributed by atoms with van der Waals surface area (Å²) in [6.45, 7) is 4.25. The van der Waals surface area contributed by atoms with E-state index < -0.39 is 0 Å². The van der Waals surface area contributed by atoms with Crippen molar-refractivity contribution >= 4 is 18.0 Å². The van der Waals surface area contributed by atoms with Gasteiger partial charge in [0.2, 0.25) is 5.91 Å². The highest BCUT2D eigenvalue weighted by atomic mass is 16.5. The van der Waals surface area contributed by atoms with Crippen molar-refractivity contribution in [1.29, 1.82) is 0 Å². The average Bonchev–Trinajstić information content (AvgIpc) is 2.83. The van der Waals surface area contributed by atoms with Crippen molar-refractivity contribution in [2.45, 2.75) is 20.4 Å². The molecule has 2 aromatic rings. The number of carbonyl (C=O) groups excluding carboxylic acids is 2. The van der Waals surface area contributed by atoms with Gasteiger partial charge in [0.25, 0.3) is 0 Å². The molecule has 1 amide bonds. The summed E-state index contributed by atoms with van der Waals surface area (Å²) in [7, 11) is 3.21. The lowest BCUT2D eigenvalue weighted by Crippen LogP contribution is -2.20. The largest absolute Gasteiger partial charge is 0.465 e. The second-order valence-corrected chi connectivity index (χ2v) is 5.45. The van der Waals surface area contributed by atoms with Crippen LogP contribution in [0.2, 0.25) is 0 Å². The standard InChI is InChI=1S/C18H21N3O3/c1-12-16(13(2)21(3)20-12)9-10-17(22)19-11-14-5-7-15(8-6-14)18(23)24-4/h5-10H,11H2,1-4H3,(H,19,22)/b10-9+. The first kappa shape index (κ1) is 17.5. The van der Waals surface area contributed by atoms with Gasteiger partial charge < -0.3 is 10.1 Å². The van der Waals surface area contributed by atoms with Crippen LogP contribution in [-0.2, 0) is 23.1 Å². The van der Waals surface area contributed by atoms with Crippen molar-refractivity contribution in [3.63, 3.8) is 0 Å². The number of ether oxygens (including phenoxy) is 1. The van der Waals surface area contributed by atoms with Crippen LogP contribution in [0.1, 0.15) is 32.9 Å². The second-order valence-electron chi connectivity index (χ2n) is 5.45. The molecular formula is C18H21N3O3. The molecule has 1 N–H and O–H groups in total. The van der Waals surface area contributed by atoms with Gasteiger partial charge in [0, 0.05) is 30.9 Å². The number of nitrogens with one attached hydrogen (secondary N) is 1. The number of nitrogens with zero attached hydrogens (tertiary/aromatic N) is 2. The number of amides is 1. The SMILES string of the molecule is COC(=O)c1ccc(CNC(=O)/C=C/c2c(C)nn(C)c2C)cc1. The Labute approximate surface area is 141 Å². The Balaban J connectivity index is 1.93. The van der Waals surface area contributed by atoms with Gasteiger partial charge in [-0.3, -0.25) is 9.48 Å². The lowest BCUT2D eigenvalue weighted by Gasteiger charge is -2.04. The normalized spacial score (nSPS) is 10.8. The zero-order chi connectivity index (χ0) is 17.7. The van der Waals surface area contributed by atoms with Crippen molar-refractivity contribution in [1.82, 2.24) is 15.1 Å². The summed E-state index contributed by atoms with van der Waals surface area (Å²) in [5.41, 5.74) is 4.23. The first-order valence-corrected chi connectivity index (χ1v) is 7.55. The summed E-state index contributed by atoms with van der Waals surface area (Å²) in [5.74, 6) is -0.564. The number of esters is 1. The Morgan fingerprint density at radius 1 is 1.25 bits per heavy atom. The van der Waals surface area contributed by atoms with Gasteiger partial charge in [0.05, 0.1) is 18.4 Å². The van der Waals surface area contributed by atoms with E-state index in [1.54, 1.807) is 35.0 Å². The molecule has 1 aromatic heterocycles. The van der Waals surface area contributed by atoms with Gasteiger partial charge in [0.15, 0.2) is 0 Å². The molecule has 126 valence electrons. The molecule has 0 aliphatic heterocycles. The molecule has 1 heterocycles. The van der Waals surface area contributed by atoms with E-state index in [0.29, 0.717) is 12.1 Å². The lowest BCUT2D eigenvalue weighted by molar-refractivity contribution is -0.116. The van der Waals surface area contributed by atoms with Crippen LogP contribution in [0.4, 0.5) is 0 Å². The van der Waals surface area contributed by atoms with Crippen molar-refractivity contribution in [2.24, 2.45) is 7.05 Å². The van der Waals surface area contributed by atoms with Gasteiger partial charge in [-0.25, -0.2) is 4.79 Å². The molecule has 24 heavy (non-hydrogen) atoms. The molecule has 6 heteroatoms. The van der Waals surface area contributed by atoms with Crippen LogP contribution < -0.4 is 5.32 Å². The number of rotatable bonds is 5. The minimum Gasteiger partial charge on any atom is -0.465 e. The topological polar surface area (TPSA) is 73.2 Å². The van der Waals surface area contributed by atoms with Crippen LogP contribution in [-0.4, -0.2) is 28.8 Å². The zero-order valence-corrected chi connectivity index (χ0v) is 14.3. The van der Waals surface area contributed by atoms with Crippen molar-refractivity contribution in [2.75, 3.05) is 7.11 Å². The Morgan fingerprint density at radius 3 is 2.46 bits per heavy atom. The molecule has 6 nitrogen and oxygen atoms in total. The van der Waals surface area contributed by atoms with E-state index in [-0.39, 0.29) is 11.9 Å². The fourth-order valence-electron chi connectivity index (χ4n) is 2.31. The highest BCUT2D eigenvalue weighted by Gasteiger charge is 2.07. The minimum atomic E-state index is -0.379. The summed E-state index contributed by atoms with van der Waals surface area (Å²) in [6.07, 6.45) is 3.27. The van der Waals surface area contributed by atoms with Gasteiger partial charge in [-0.2, -0.15) is 5.10 Å². The molecule has 0 saturated heterocycles. The summed E-state index contributed by atoms with van der Waals surface area (Å²) in [6, 6.07) is 6.91. The number of hydrogen-bond donors (Lipinski definition) is 1. The summed E-state index contributed by atoms with van der Waals surface area (Å²) >= 11 is 0. The zero-order valence-electron chi connectivity index (χ0n) is 14.3. The van der Waals surface area contributed by atoms with Crippen molar-refractivity contribution in [3.05, 3.63) is 58.4 Å². The van der Waals surface area contributed by atoms with Crippen LogP contribution >= 0.6 is 0 Å². The number of benzene rings is 1. The molecule has 1 aromatic carbocycles. The summed E-state index contributed by atoms with van der Waals surface area (Å²) < 4.78 is 6.43. The number of carbonyl (C=O) groups is 2. The summed E-state index contributed by atoms with van der Waals surface area (Å²) in [5, 5.41) is 7.12. The highest BCUT2D eigenvalue weighted by molar-refractivity contribution is 5.92. The van der Waals surface area contributed by atoms with Gasteiger partial charge in [-0.05, 0) is 37.6 Å². The van der Waals surface area contributed by atoms with Crippen molar-refractivity contribution < 1.29 is 14.3 Å². The van der Waals surface area contributed by atoms with E-state index in [9.17, 15) is 9.59 Å². The number of aromatic nitrogens is 2. The Hall–Kier alpha value is -2.89.